The van der Waals surface area contributed by atoms with Crippen molar-refractivity contribution in [3.63, 3.8) is 0 Å². The third kappa shape index (κ3) is 3.37. The number of alkyl halides is 6. The summed E-state index contributed by atoms with van der Waals surface area (Å²) in [5.74, 6) is -0.442. The molecule has 0 aromatic heterocycles. The van der Waals surface area contributed by atoms with Crippen LogP contribution in [0.25, 0.3) is 0 Å². The molecule has 1 unspecified atom stereocenters. The fraction of sp³-hybridized carbons (Fsp3) is 0.333. The van der Waals surface area contributed by atoms with Crippen LogP contribution < -0.4 is 0 Å². The summed E-state index contributed by atoms with van der Waals surface area (Å²) in [6, 6.07) is 2.35. The SMILES string of the molecule is Oc1ccc(C(F)(C(F)F)C(F)(F)F)cc1.[KH]. The molecule has 1 nitrogen and oxygen atoms in total. The number of hydrogen-bond donors (Lipinski definition) is 1. The van der Waals surface area contributed by atoms with Crippen LogP contribution in [0.3, 0.4) is 0 Å². The molecule has 8 heteroatoms. The van der Waals surface area contributed by atoms with Crippen LogP contribution in [0.2, 0.25) is 0 Å². The van der Waals surface area contributed by atoms with Crippen molar-refractivity contribution in [1.29, 1.82) is 0 Å². The van der Waals surface area contributed by atoms with Crippen LogP contribution >= 0.6 is 0 Å². The van der Waals surface area contributed by atoms with E-state index < -0.39 is 29.6 Å². The van der Waals surface area contributed by atoms with Crippen molar-refractivity contribution < 1.29 is 31.4 Å². The van der Waals surface area contributed by atoms with E-state index in [0.29, 0.717) is 24.3 Å². The van der Waals surface area contributed by atoms with E-state index in [1.54, 1.807) is 0 Å². The van der Waals surface area contributed by atoms with Crippen LogP contribution in [0.1, 0.15) is 5.56 Å². The van der Waals surface area contributed by atoms with Gasteiger partial charge in [-0.2, -0.15) is 13.2 Å². The summed E-state index contributed by atoms with van der Waals surface area (Å²) in [6.07, 6.45) is -9.96. The van der Waals surface area contributed by atoms with Gasteiger partial charge in [0.05, 0.1) is 0 Å². The molecule has 0 aliphatic heterocycles. The molecule has 1 aromatic carbocycles. The molecule has 92 valence electrons. The Bertz CT molecular complexity index is 363. The first-order chi connectivity index (χ1) is 7.19. The average molecular weight is 284 g/mol. The van der Waals surface area contributed by atoms with Crippen LogP contribution in [0.5, 0.6) is 5.75 Å². The van der Waals surface area contributed by atoms with Gasteiger partial charge in [0.25, 0.3) is 12.1 Å². The predicted molar refractivity (Wildman–Crippen MR) is 50.1 cm³/mol. The standard InChI is InChI=1S/C9H6F6O.K.H/c10-7(11)8(12,9(13,14)15)5-1-3-6(16)4-2-5;;/h1-4,7,16H;;. The summed E-state index contributed by atoms with van der Waals surface area (Å²) >= 11 is 0. The van der Waals surface area contributed by atoms with Crippen molar-refractivity contribution in [3.05, 3.63) is 29.8 Å². The number of hydrogen-bond acceptors (Lipinski definition) is 1. The summed E-state index contributed by atoms with van der Waals surface area (Å²) in [5.41, 5.74) is -5.96. The molecule has 1 rings (SSSR count). The second-order valence-electron chi connectivity index (χ2n) is 3.06. The van der Waals surface area contributed by atoms with Gasteiger partial charge in [-0.25, -0.2) is 13.2 Å². The van der Waals surface area contributed by atoms with Gasteiger partial charge in [-0.1, -0.05) is 12.1 Å². The number of phenols is 1. The van der Waals surface area contributed by atoms with Gasteiger partial charge in [0.1, 0.15) is 5.75 Å². The van der Waals surface area contributed by atoms with Crippen molar-refractivity contribution in [2.24, 2.45) is 0 Å². The number of benzene rings is 1. The molecule has 0 amide bonds. The Morgan fingerprint density at radius 2 is 1.35 bits per heavy atom. The maximum atomic E-state index is 13.3. The molecule has 0 radical (unpaired) electrons. The third-order valence-electron chi connectivity index (χ3n) is 2.00. The Labute approximate surface area is 135 Å². The molecule has 0 aliphatic rings. The summed E-state index contributed by atoms with van der Waals surface area (Å²) in [6.45, 7) is 0. The molecule has 0 spiro atoms. The van der Waals surface area contributed by atoms with Gasteiger partial charge >= 0.3 is 57.6 Å². The van der Waals surface area contributed by atoms with E-state index in [0.717, 1.165) is 0 Å². The zero-order valence-corrected chi connectivity index (χ0v) is 7.60. The van der Waals surface area contributed by atoms with Crippen LogP contribution in [-0.2, 0) is 5.67 Å². The third-order valence-corrected chi connectivity index (χ3v) is 2.00. The average Bonchev–Trinajstić information content (AvgIpc) is 2.15. The van der Waals surface area contributed by atoms with Gasteiger partial charge in [-0.15, -0.1) is 0 Å². The number of rotatable bonds is 2. The van der Waals surface area contributed by atoms with Crippen molar-refractivity contribution in [2.45, 2.75) is 18.3 Å². The molecule has 0 fully saturated rings. The van der Waals surface area contributed by atoms with Crippen molar-refractivity contribution in [3.8, 4) is 5.75 Å². The van der Waals surface area contributed by atoms with E-state index in [1.165, 1.54) is 0 Å². The summed E-state index contributed by atoms with van der Waals surface area (Å²) in [7, 11) is 0. The minimum atomic E-state index is -5.72. The van der Waals surface area contributed by atoms with Crippen molar-refractivity contribution in [2.75, 3.05) is 0 Å². The van der Waals surface area contributed by atoms with E-state index in [1.807, 2.05) is 0 Å². The fourth-order valence-electron chi connectivity index (χ4n) is 1.12. The van der Waals surface area contributed by atoms with Crippen LogP contribution in [0.4, 0.5) is 26.3 Å². The van der Waals surface area contributed by atoms with Gasteiger partial charge in [0.2, 0.25) is 0 Å². The van der Waals surface area contributed by atoms with Crippen LogP contribution in [0, 0.1) is 0 Å². The Hall–Kier alpha value is 0.236. The molecular formula is C9H7F6KO. The van der Waals surface area contributed by atoms with Gasteiger partial charge in [0.15, 0.2) is 0 Å². The Balaban J connectivity index is 0.00000256. The molecule has 17 heavy (non-hydrogen) atoms. The summed E-state index contributed by atoms with van der Waals surface area (Å²) < 4.78 is 74.4. The number of halogens is 6. The Kier molecular flexibility index (Phi) is 6.00. The molecule has 1 aromatic rings. The molecule has 0 bridgehead atoms. The quantitative estimate of drug-likeness (QED) is 0.654. The normalized spacial score (nSPS) is 15.2. The monoisotopic (exact) mass is 284 g/mol. The Morgan fingerprint density at radius 1 is 0.941 bits per heavy atom. The first kappa shape index (κ1) is 17.2. The summed E-state index contributed by atoms with van der Waals surface area (Å²) in [4.78, 5) is 0. The predicted octanol–water partition coefficient (Wildman–Crippen LogP) is 2.74. The summed E-state index contributed by atoms with van der Waals surface area (Å²) in [5, 5.41) is 8.77. The first-order valence-corrected chi connectivity index (χ1v) is 4.03. The zero-order valence-electron chi connectivity index (χ0n) is 7.60. The van der Waals surface area contributed by atoms with E-state index in [4.69, 9.17) is 5.11 Å². The maximum absolute atomic E-state index is 13.3. The van der Waals surface area contributed by atoms with Crippen molar-refractivity contribution >= 4 is 51.4 Å². The molecule has 0 saturated carbocycles. The molecule has 0 saturated heterocycles. The van der Waals surface area contributed by atoms with Gasteiger partial charge in [0, 0.05) is 5.56 Å². The topological polar surface area (TPSA) is 20.2 Å². The fourth-order valence-corrected chi connectivity index (χ4v) is 1.12. The number of aromatic hydroxyl groups is 1. The van der Waals surface area contributed by atoms with Gasteiger partial charge < -0.3 is 5.11 Å². The first-order valence-electron chi connectivity index (χ1n) is 4.03. The second kappa shape index (κ2) is 5.92. The Morgan fingerprint density at radius 3 is 1.65 bits per heavy atom. The van der Waals surface area contributed by atoms with Gasteiger partial charge in [-0.05, 0) is 12.1 Å². The van der Waals surface area contributed by atoms with Crippen LogP contribution in [0.15, 0.2) is 24.3 Å². The van der Waals surface area contributed by atoms with Crippen molar-refractivity contribution in [1.82, 2.24) is 0 Å². The van der Waals surface area contributed by atoms with Gasteiger partial charge in [-0.3, -0.25) is 0 Å². The van der Waals surface area contributed by atoms with E-state index in [2.05, 4.69) is 0 Å². The molecule has 1 atom stereocenters. The molecular weight excluding hydrogens is 277 g/mol. The van der Waals surface area contributed by atoms with E-state index in [-0.39, 0.29) is 51.4 Å². The van der Waals surface area contributed by atoms with E-state index in [9.17, 15) is 26.3 Å². The second-order valence-corrected chi connectivity index (χ2v) is 3.06. The molecule has 0 heterocycles. The van der Waals surface area contributed by atoms with Crippen LogP contribution in [-0.4, -0.2) is 69.1 Å². The molecule has 0 aliphatic carbocycles. The minimum absolute atomic E-state index is 0. The number of phenolic OH excluding ortho intramolecular Hbond substituents is 1. The zero-order chi connectivity index (χ0) is 12.6. The van der Waals surface area contributed by atoms with E-state index >= 15 is 0 Å². The molecule has 1 N–H and O–H groups in total.